The number of rotatable bonds is 19. The summed E-state index contributed by atoms with van der Waals surface area (Å²) in [6.45, 7) is 9.83. The molecule has 4 unspecified atom stereocenters. The maximum atomic E-state index is 14.1. The van der Waals surface area contributed by atoms with Gasteiger partial charge in [0.15, 0.2) is 5.78 Å². The van der Waals surface area contributed by atoms with Crippen LogP contribution in [-0.2, 0) is 14.4 Å². The largest absolute Gasteiger partial charge is 0.508 e. The number of hydrazone groups is 1. The number of aliphatic hydroxyl groups is 1. The molecule has 4 amide bonds. The van der Waals surface area contributed by atoms with Gasteiger partial charge in [-0.05, 0) is 140 Å². The van der Waals surface area contributed by atoms with Crippen LogP contribution >= 0.6 is 22.7 Å². The summed E-state index contributed by atoms with van der Waals surface area (Å²) in [6, 6.07) is 30.7. The lowest BCUT2D eigenvalue weighted by Gasteiger charge is -2.35. The topological polar surface area (TPSA) is 220 Å². The third-order valence-corrected chi connectivity index (χ3v) is 15.2. The number of hydrogen-bond acceptors (Lipinski definition) is 13. The van der Waals surface area contributed by atoms with Crippen LogP contribution in [0, 0.1) is 12.3 Å². The first-order valence-electron chi connectivity index (χ1n) is 24.8. The van der Waals surface area contributed by atoms with Crippen molar-refractivity contribution in [3.63, 3.8) is 0 Å². The van der Waals surface area contributed by atoms with E-state index < -0.39 is 35.4 Å². The molecule has 7 aromatic rings. The van der Waals surface area contributed by atoms with Crippen molar-refractivity contribution < 1.29 is 44.0 Å². The number of aryl methyl sites for hydroxylation is 1. The minimum atomic E-state index is -0.918. The highest BCUT2D eigenvalue weighted by Crippen LogP contribution is 2.42. The van der Waals surface area contributed by atoms with Crippen molar-refractivity contribution in [2.75, 3.05) is 13.2 Å². The fourth-order valence-electron chi connectivity index (χ4n) is 8.96. The number of nitrogens with zero attached hydrogens (tertiary/aromatic N) is 3. The molecule has 0 aliphatic carbocycles. The van der Waals surface area contributed by atoms with Gasteiger partial charge in [0.1, 0.15) is 29.3 Å². The molecule has 17 heteroatoms. The number of ketones is 1. The number of hydrogen-bond donors (Lipinski definition) is 6. The number of phenols is 2. The molecule has 1 aliphatic rings. The molecule has 1 fully saturated rings. The minimum absolute atomic E-state index is 0.0108. The average Bonchev–Trinajstić information content (AvgIpc) is 4.13. The van der Waals surface area contributed by atoms with Crippen molar-refractivity contribution in [1.82, 2.24) is 25.9 Å². The Hall–Kier alpha value is -7.73. The number of aliphatic hydroxyl groups excluding tert-OH is 1. The normalized spacial score (nSPS) is 15.4. The standard InChI is InChI=1S/C58H60N6O9S2/c1-34(37-15-17-38(18-16-37)52-35(2)59-33-74-52)61-56(71)47-29-44(67)32-64(47)57(72)54(58(3,4)5)62-49(68)12-7-6-8-27-73-45-24-13-36(14-25-45)31-60-63-55(70)41-11-9-10-40(28-41)51(69)50-46-26-23-43(66)30-48(46)75-53(50)39-19-21-42(65)22-20-39/h9-11,13-26,28,30-31,33-34,44,47,54,65-67H,6-8,12,27,29,32H2,1-5H3,(H,61,71)(H,62,68)(H,63,70). The number of phenolic OH excluding ortho intramolecular Hbond substituents is 2. The van der Waals surface area contributed by atoms with Gasteiger partial charge in [-0.3, -0.25) is 24.0 Å². The Morgan fingerprint density at radius 3 is 2.24 bits per heavy atom. The van der Waals surface area contributed by atoms with Crippen molar-refractivity contribution in [2.45, 2.75) is 91.0 Å². The fraction of sp³-hybridized carbons (Fsp3) is 0.293. The van der Waals surface area contributed by atoms with Gasteiger partial charge in [-0.25, -0.2) is 10.4 Å². The van der Waals surface area contributed by atoms with E-state index in [0.717, 1.165) is 32.0 Å². The van der Waals surface area contributed by atoms with Crippen LogP contribution in [0.1, 0.15) is 109 Å². The van der Waals surface area contributed by atoms with E-state index in [1.807, 2.05) is 64.4 Å². The Labute approximate surface area is 443 Å². The summed E-state index contributed by atoms with van der Waals surface area (Å²) in [5.74, 6) is -1.06. The second-order valence-electron chi connectivity index (χ2n) is 19.8. The van der Waals surface area contributed by atoms with Crippen LogP contribution in [0.5, 0.6) is 17.2 Å². The number of nitrogens with one attached hydrogen (secondary N) is 3. The van der Waals surface area contributed by atoms with Crippen molar-refractivity contribution in [2.24, 2.45) is 10.5 Å². The first-order valence-corrected chi connectivity index (χ1v) is 26.5. The number of β-amino-alcohol motifs (C(OH)–C–C–N with tert-alkyl or cyclic N) is 1. The molecule has 6 N–H and O–H groups in total. The predicted molar refractivity (Wildman–Crippen MR) is 292 cm³/mol. The van der Waals surface area contributed by atoms with E-state index in [-0.39, 0.29) is 60.1 Å². The monoisotopic (exact) mass is 1050 g/mol. The van der Waals surface area contributed by atoms with Crippen LogP contribution in [0.4, 0.5) is 0 Å². The molecule has 388 valence electrons. The SMILES string of the molecule is Cc1ncsc1-c1ccc(C(C)NC(=O)C2CC(O)CN2C(=O)C(NC(=O)CCCCCOc2ccc(C=NNC(=O)c3cccc(C(=O)c4c(-c5ccc(O)cc5)sc5cc(O)ccc45)c3)cc2)C(C)(C)C)cc1. The summed E-state index contributed by atoms with van der Waals surface area (Å²) in [4.78, 5) is 75.9. The highest BCUT2D eigenvalue weighted by molar-refractivity contribution is 7.22. The number of ether oxygens (including phenoxy) is 1. The quantitative estimate of drug-likeness (QED) is 0.0195. The van der Waals surface area contributed by atoms with Gasteiger partial charge < -0.3 is 35.6 Å². The number of thiazole rings is 1. The number of aromatic nitrogens is 1. The first kappa shape index (κ1) is 53.6. The number of fused-ring (bicyclic) bond motifs is 1. The smallest absolute Gasteiger partial charge is 0.271 e. The summed E-state index contributed by atoms with van der Waals surface area (Å²) < 4.78 is 6.65. The van der Waals surface area contributed by atoms with Gasteiger partial charge in [-0.15, -0.1) is 22.7 Å². The summed E-state index contributed by atoms with van der Waals surface area (Å²) in [6.07, 6.45) is 2.86. The maximum absolute atomic E-state index is 14.1. The van der Waals surface area contributed by atoms with Crippen molar-refractivity contribution >= 4 is 68.4 Å². The molecule has 0 radical (unpaired) electrons. The van der Waals surface area contributed by atoms with E-state index >= 15 is 0 Å². The number of benzene rings is 5. The molecule has 0 bridgehead atoms. The van der Waals surface area contributed by atoms with Crippen LogP contribution in [0.25, 0.3) is 31.0 Å². The van der Waals surface area contributed by atoms with Crippen LogP contribution in [-0.4, -0.2) is 92.2 Å². The number of amides is 4. The van der Waals surface area contributed by atoms with E-state index in [1.165, 1.54) is 34.6 Å². The van der Waals surface area contributed by atoms with Gasteiger partial charge in [-0.1, -0.05) is 57.2 Å². The van der Waals surface area contributed by atoms with Crippen LogP contribution in [0.2, 0.25) is 0 Å². The summed E-state index contributed by atoms with van der Waals surface area (Å²) in [5, 5.41) is 41.4. The molecule has 0 saturated carbocycles. The highest BCUT2D eigenvalue weighted by atomic mass is 32.1. The molecule has 1 aliphatic heterocycles. The van der Waals surface area contributed by atoms with Gasteiger partial charge in [0.05, 0.1) is 41.0 Å². The Morgan fingerprint density at radius 1 is 0.840 bits per heavy atom. The number of unbranched alkanes of at least 4 members (excludes halogenated alkanes) is 2. The summed E-state index contributed by atoms with van der Waals surface area (Å²) in [7, 11) is 0. The van der Waals surface area contributed by atoms with Crippen molar-refractivity contribution in [1.29, 1.82) is 0 Å². The fourth-order valence-corrected chi connectivity index (χ4v) is 11.0. The van der Waals surface area contributed by atoms with Crippen molar-refractivity contribution in [3.8, 4) is 38.1 Å². The van der Waals surface area contributed by atoms with Crippen molar-refractivity contribution in [3.05, 3.63) is 154 Å². The molecule has 15 nitrogen and oxygen atoms in total. The zero-order valence-corrected chi connectivity index (χ0v) is 44.0. The Kier molecular flexibility index (Phi) is 16.9. The first-order chi connectivity index (χ1) is 35.9. The van der Waals surface area contributed by atoms with Crippen LogP contribution < -0.4 is 20.8 Å². The van der Waals surface area contributed by atoms with E-state index in [1.54, 1.807) is 90.2 Å². The molecule has 2 aromatic heterocycles. The lowest BCUT2D eigenvalue weighted by atomic mass is 9.85. The van der Waals surface area contributed by atoms with Crippen LogP contribution in [0.15, 0.2) is 126 Å². The van der Waals surface area contributed by atoms with Gasteiger partial charge in [-0.2, -0.15) is 5.10 Å². The number of carbonyl (C=O) groups is 5. The minimum Gasteiger partial charge on any atom is -0.508 e. The molecule has 8 rings (SSSR count). The van der Waals surface area contributed by atoms with E-state index in [0.29, 0.717) is 58.6 Å². The Balaban J connectivity index is 0.769. The van der Waals surface area contributed by atoms with Gasteiger partial charge in [0, 0.05) is 51.0 Å². The number of thiophene rings is 1. The Morgan fingerprint density at radius 2 is 1.53 bits per heavy atom. The highest BCUT2D eigenvalue weighted by Gasteiger charge is 2.44. The summed E-state index contributed by atoms with van der Waals surface area (Å²) in [5.41, 5.74) is 8.95. The lowest BCUT2D eigenvalue weighted by Crippen LogP contribution is -2.57. The molecule has 1 saturated heterocycles. The predicted octanol–water partition coefficient (Wildman–Crippen LogP) is 9.72. The summed E-state index contributed by atoms with van der Waals surface area (Å²) >= 11 is 2.92. The Bertz CT molecular complexity index is 3220. The van der Waals surface area contributed by atoms with Gasteiger partial charge in [0.2, 0.25) is 17.7 Å². The second-order valence-corrected chi connectivity index (χ2v) is 21.7. The van der Waals surface area contributed by atoms with Crippen LogP contribution in [0.3, 0.4) is 0 Å². The molecule has 75 heavy (non-hydrogen) atoms. The van der Waals surface area contributed by atoms with E-state index in [9.17, 15) is 39.3 Å². The molecule has 3 heterocycles. The van der Waals surface area contributed by atoms with E-state index in [4.69, 9.17) is 4.74 Å². The third kappa shape index (κ3) is 13.2. The number of aromatic hydroxyl groups is 2. The maximum Gasteiger partial charge on any atom is 0.271 e. The molecular formula is C58H60N6O9S2. The second kappa shape index (κ2) is 23.6. The zero-order chi connectivity index (χ0) is 53.4. The van der Waals surface area contributed by atoms with E-state index in [2.05, 4.69) is 26.1 Å². The van der Waals surface area contributed by atoms with Gasteiger partial charge in [0.25, 0.3) is 5.91 Å². The molecule has 4 atom stereocenters. The molecular weight excluding hydrogens is 989 g/mol. The average molecular weight is 1050 g/mol. The molecule has 0 spiro atoms. The number of likely N-dealkylation sites (tertiary alicyclic amines) is 1. The molecule has 5 aromatic carbocycles. The number of carbonyl (C=O) groups excluding carboxylic acids is 5. The third-order valence-electron chi connectivity index (χ3n) is 13.1. The zero-order valence-electron chi connectivity index (χ0n) is 42.3. The van der Waals surface area contributed by atoms with Gasteiger partial charge >= 0.3 is 0 Å². The lowest BCUT2D eigenvalue weighted by molar-refractivity contribution is -0.144.